The molecule has 0 aromatic heterocycles. The molecule has 4 aliphatic carbocycles. The fraction of sp³-hybridized carbons (Fsp3) is 0.938. The fourth-order valence-electron chi connectivity index (χ4n) is 5.56. The molecular weight excluding hydrogens is 254 g/mol. The second kappa shape index (κ2) is 4.68. The molecule has 1 amide bonds. The summed E-state index contributed by atoms with van der Waals surface area (Å²) in [6.07, 6.45) is 9.16. The van der Waals surface area contributed by atoms with Crippen LogP contribution in [-0.4, -0.2) is 24.0 Å². The van der Waals surface area contributed by atoms with E-state index in [9.17, 15) is 4.79 Å². The molecule has 2 nitrogen and oxygen atoms in total. The van der Waals surface area contributed by atoms with Crippen LogP contribution in [0.4, 0.5) is 0 Å². The minimum absolute atomic E-state index is 0.0560. The first-order valence-electron chi connectivity index (χ1n) is 8.09. The van der Waals surface area contributed by atoms with Gasteiger partial charge in [0.1, 0.15) is 0 Å². The molecule has 1 saturated heterocycles. The van der Waals surface area contributed by atoms with Crippen LogP contribution >= 0.6 is 11.8 Å². The van der Waals surface area contributed by atoms with E-state index in [-0.39, 0.29) is 5.41 Å². The van der Waals surface area contributed by atoms with Crippen LogP contribution in [-0.2, 0) is 4.79 Å². The zero-order valence-electron chi connectivity index (χ0n) is 11.7. The van der Waals surface area contributed by atoms with Crippen molar-refractivity contribution in [2.24, 2.45) is 29.1 Å². The van der Waals surface area contributed by atoms with Gasteiger partial charge in [-0.2, -0.15) is 11.8 Å². The number of hydrogen-bond donors (Lipinski definition) is 1. The first-order valence-corrected chi connectivity index (χ1v) is 9.25. The van der Waals surface area contributed by atoms with E-state index >= 15 is 0 Å². The van der Waals surface area contributed by atoms with Gasteiger partial charge in [-0.05, 0) is 80.1 Å². The molecule has 1 aliphatic heterocycles. The zero-order chi connectivity index (χ0) is 12.9. The first-order chi connectivity index (χ1) is 9.23. The van der Waals surface area contributed by atoms with E-state index in [1.807, 2.05) is 11.8 Å². The molecule has 106 valence electrons. The quantitative estimate of drug-likeness (QED) is 0.860. The number of carbonyl (C=O) groups is 1. The predicted octanol–water partition coefficient (Wildman–Crippen LogP) is 3.07. The van der Waals surface area contributed by atoms with Gasteiger partial charge in [0.25, 0.3) is 0 Å². The molecule has 4 saturated carbocycles. The Balaban J connectivity index is 1.41. The average Bonchev–Trinajstić information content (AvgIpc) is 2.87. The molecule has 5 aliphatic rings. The van der Waals surface area contributed by atoms with E-state index in [2.05, 4.69) is 5.32 Å². The van der Waals surface area contributed by atoms with E-state index in [0.717, 1.165) is 30.2 Å². The van der Waals surface area contributed by atoms with E-state index in [0.29, 0.717) is 5.91 Å². The van der Waals surface area contributed by atoms with Gasteiger partial charge in [-0.25, -0.2) is 0 Å². The minimum atomic E-state index is 0.0560. The predicted molar refractivity (Wildman–Crippen MR) is 79.0 cm³/mol. The minimum Gasteiger partial charge on any atom is -0.355 e. The van der Waals surface area contributed by atoms with Crippen LogP contribution in [0.2, 0.25) is 0 Å². The van der Waals surface area contributed by atoms with Crippen molar-refractivity contribution >= 4 is 17.7 Å². The molecule has 3 heteroatoms. The molecule has 0 spiro atoms. The third-order valence-electron chi connectivity index (χ3n) is 6.10. The van der Waals surface area contributed by atoms with Crippen LogP contribution in [0.25, 0.3) is 0 Å². The Labute approximate surface area is 120 Å². The Morgan fingerprint density at radius 1 is 1.11 bits per heavy atom. The van der Waals surface area contributed by atoms with Crippen LogP contribution in [0.5, 0.6) is 0 Å². The smallest absolute Gasteiger partial charge is 0.226 e. The number of thioether (sulfide) groups is 1. The normalized spacial score (nSPS) is 47.6. The molecule has 1 atom stereocenters. The summed E-state index contributed by atoms with van der Waals surface area (Å²) in [5.74, 6) is 6.32. The highest BCUT2D eigenvalue weighted by Gasteiger charge is 2.54. The number of hydrogen-bond acceptors (Lipinski definition) is 2. The maximum absolute atomic E-state index is 12.7. The van der Waals surface area contributed by atoms with Gasteiger partial charge in [0.05, 0.1) is 0 Å². The monoisotopic (exact) mass is 279 g/mol. The summed E-state index contributed by atoms with van der Waals surface area (Å²) in [5.41, 5.74) is 0.0560. The number of rotatable bonds is 3. The van der Waals surface area contributed by atoms with Crippen LogP contribution in [0.1, 0.15) is 44.9 Å². The summed E-state index contributed by atoms with van der Waals surface area (Å²) in [6, 6.07) is 0. The maximum atomic E-state index is 12.7. The molecule has 1 N–H and O–H groups in total. The molecule has 4 bridgehead atoms. The summed E-state index contributed by atoms with van der Waals surface area (Å²) < 4.78 is 0. The van der Waals surface area contributed by atoms with Crippen molar-refractivity contribution in [3.8, 4) is 0 Å². The van der Waals surface area contributed by atoms with Gasteiger partial charge in [-0.15, -0.1) is 0 Å². The molecular formula is C16H25NOS. The Hall–Kier alpha value is -0.180. The van der Waals surface area contributed by atoms with Gasteiger partial charge in [0.2, 0.25) is 5.91 Å². The van der Waals surface area contributed by atoms with Gasteiger partial charge < -0.3 is 5.32 Å². The van der Waals surface area contributed by atoms with Crippen LogP contribution in [0.3, 0.4) is 0 Å². The standard InChI is InChI=1S/C16H25NOS/c18-15(17-9-11-1-2-19-10-11)16-6-12-3-13(7-16)5-14(4-12)8-16/h11-14H,1-10H2,(H,17,18)/t11-,12?,13?,14?,16?/m1/s1. The summed E-state index contributed by atoms with van der Waals surface area (Å²) in [4.78, 5) is 12.7. The zero-order valence-corrected chi connectivity index (χ0v) is 12.5. The number of amides is 1. The lowest BCUT2D eigenvalue weighted by Crippen LogP contribution is -2.54. The van der Waals surface area contributed by atoms with Gasteiger partial charge in [-0.1, -0.05) is 0 Å². The Morgan fingerprint density at radius 2 is 1.74 bits per heavy atom. The summed E-state index contributed by atoms with van der Waals surface area (Å²) in [5, 5.41) is 3.33. The molecule has 5 rings (SSSR count). The third kappa shape index (κ3) is 2.22. The van der Waals surface area contributed by atoms with Gasteiger partial charge >= 0.3 is 0 Å². The molecule has 0 unspecified atom stereocenters. The highest BCUT2D eigenvalue weighted by molar-refractivity contribution is 7.99. The molecule has 5 fully saturated rings. The average molecular weight is 279 g/mol. The molecule has 0 aromatic rings. The molecule has 0 radical (unpaired) electrons. The number of nitrogens with one attached hydrogen (secondary N) is 1. The second-order valence-electron chi connectivity index (χ2n) is 7.64. The van der Waals surface area contributed by atoms with Crippen molar-refractivity contribution < 1.29 is 4.79 Å². The lowest BCUT2D eigenvalue weighted by molar-refractivity contribution is -0.146. The topological polar surface area (TPSA) is 29.1 Å². The number of carbonyl (C=O) groups excluding carboxylic acids is 1. The molecule has 19 heavy (non-hydrogen) atoms. The summed E-state index contributed by atoms with van der Waals surface area (Å²) >= 11 is 2.04. The van der Waals surface area contributed by atoms with Crippen molar-refractivity contribution in [2.45, 2.75) is 44.9 Å². The van der Waals surface area contributed by atoms with E-state index in [1.165, 1.54) is 56.5 Å². The van der Waals surface area contributed by atoms with Crippen molar-refractivity contribution in [1.29, 1.82) is 0 Å². The largest absolute Gasteiger partial charge is 0.355 e. The Morgan fingerprint density at radius 3 is 2.26 bits per heavy atom. The SMILES string of the molecule is O=C(NC[C@H]1CCSC1)C12CC3CC(CC(C3)C1)C2. The van der Waals surface area contributed by atoms with Gasteiger partial charge in [0, 0.05) is 12.0 Å². The van der Waals surface area contributed by atoms with Crippen LogP contribution in [0.15, 0.2) is 0 Å². The maximum Gasteiger partial charge on any atom is 0.226 e. The lowest BCUT2D eigenvalue weighted by Gasteiger charge is -2.55. The van der Waals surface area contributed by atoms with E-state index in [1.54, 1.807) is 0 Å². The summed E-state index contributed by atoms with van der Waals surface area (Å²) in [6.45, 7) is 0.938. The summed E-state index contributed by atoms with van der Waals surface area (Å²) in [7, 11) is 0. The van der Waals surface area contributed by atoms with Crippen molar-refractivity contribution in [3.63, 3.8) is 0 Å². The lowest BCUT2D eigenvalue weighted by atomic mass is 9.49. The second-order valence-corrected chi connectivity index (χ2v) is 8.79. The van der Waals surface area contributed by atoms with Crippen LogP contribution < -0.4 is 5.32 Å². The Bertz CT molecular complexity index is 340. The van der Waals surface area contributed by atoms with Gasteiger partial charge in [-0.3, -0.25) is 4.79 Å². The highest BCUT2D eigenvalue weighted by Crippen LogP contribution is 2.60. The van der Waals surface area contributed by atoms with Crippen molar-refractivity contribution in [2.75, 3.05) is 18.1 Å². The van der Waals surface area contributed by atoms with E-state index in [4.69, 9.17) is 0 Å². The van der Waals surface area contributed by atoms with Crippen molar-refractivity contribution in [3.05, 3.63) is 0 Å². The Kier molecular flexibility index (Phi) is 3.09. The highest BCUT2D eigenvalue weighted by atomic mass is 32.2. The third-order valence-corrected chi connectivity index (χ3v) is 7.33. The van der Waals surface area contributed by atoms with Crippen LogP contribution in [0, 0.1) is 29.1 Å². The first kappa shape index (κ1) is 12.6. The molecule has 0 aromatic carbocycles. The molecule has 1 heterocycles. The van der Waals surface area contributed by atoms with Gasteiger partial charge in [0.15, 0.2) is 0 Å². The van der Waals surface area contributed by atoms with E-state index < -0.39 is 0 Å². The van der Waals surface area contributed by atoms with Crippen molar-refractivity contribution in [1.82, 2.24) is 5.32 Å². The fourth-order valence-corrected chi connectivity index (χ4v) is 6.84.